The monoisotopic (exact) mass is 771 g/mol. The van der Waals surface area contributed by atoms with E-state index in [1.807, 2.05) is 11.3 Å². The Hall–Kier alpha value is -7.00. The molecule has 0 saturated heterocycles. The van der Waals surface area contributed by atoms with Crippen LogP contribution in [-0.2, 0) is 5.41 Å². The lowest BCUT2D eigenvalue weighted by Crippen LogP contribution is -2.17. The van der Waals surface area contributed by atoms with Crippen LogP contribution in [0.1, 0.15) is 25.0 Å². The molecule has 0 radical (unpaired) electrons. The molecule has 0 aliphatic heterocycles. The Labute approximate surface area is 350 Å². The summed E-state index contributed by atoms with van der Waals surface area (Å²) < 4.78 is 2.62. The fraction of sp³-hybridized carbons (Fsp3) is 0.0526. The van der Waals surface area contributed by atoms with E-state index in [2.05, 4.69) is 231 Å². The van der Waals surface area contributed by atoms with Crippen molar-refractivity contribution in [2.24, 2.45) is 0 Å². The molecule has 2 heteroatoms. The van der Waals surface area contributed by atoms with Gasteiger partial charge in [-0.2, -0.15) is 0 Å². The Morgan fingerprint density at radius 2 is 0.864 bits per heavy atom. The van der Waals surface area contributed by atoms with Crippen molar-refractivity contribution in [1.82, 2.24) is 0 Å². The molecule has 9 aromatic carbocycles. The molecule has 1 heterocycles. The van der Waals surface area contributed by atoms with E-state index in [1.165, 1.54) is 86.9 Å². The Bertz CT molecular complexity index is 3160. The van der Waals surface area contributed by atoms with Gasteiger partial charge in [0.15, 0.2) is 0 Å². The van der Waals surface area contributed by atoms with E-state index in [-0.39, 0.29) is 5.41 Å². The van der Waals surface area contributed by atoms with E-state index < -0.39 is 0 Å². The Kier molecular flexibility index (Phi) is 8.43. The van der Waals surface area contributed by atoms with Crippen LogP contribution in [0.5, 0.6) is 0 Å². The van der Waals surface area contributed by atoms with Crippen molar-refractivity contribution in [1.29, 1.82) is 0 Å². The molecule has 0 fully saturated rings. The Balaban J connectivity index is 1.12. The highest BCUT2D eigenvalue weighted by Crippen LogP contribution is 2.52. The molecule has 0 N–H and O–H groups in total. The van der Waals surface area contributed by atoms with Gasteiger partial charge in [0, 0.05) is 48.1 Å². The number of fused-ring (bicyclic) bond motifs is 6. The minimum absolute atomic E-state index is 0.138. The van der Waals surface area contributed by atoms with Gasteiger partial charge in [0.25, 0.3) is 0 Å². The smallest absolute Gasteiger partial charge is 0.0546 e. The molecule has 10 aromatic rings. The first-order valence-corrected chi connectivity index (χ1v) is 21.2. The molecule has 1 aromatic heterocycles. The van der Waals surface area contributed by atoms with Crippen molar-refractivity contribution in [2.75, 3.05) is 4.90 Å². The third kappa shape index (κ3) is 5.99. The predicted octanol–water partition coefficient (Wildman–Crippen LogP) is 16.5. The Morgan fingerprint density at radius 1 is 0.356 bits per heavy atom. The van der Waals surface area contributed by atoms with Gasteiger partial charge >= 0.3 is 0 Å². The maximum absolute atomic E-state index is 2.50. The van der Waals surface area contributed by atoms with Gasteiger partial charge in [0.05, 0.1) is 5.69 Å². The molecule has 0 amide bonds. The Morgan fingerprint density at radius 3 is 1.59 bits per heavy atom. The first-order valence-electron chi connectivity index (χ1n) is 20.4. The third-order valence-corrected chi connectivity index (χ3v) is 13.5. The van der Waals surface area contributed by atoms with E-state index in [0.717, 1.165) is 17.1 Å². The molecule has 1 aliphatic rings. The second-order valence-corrected chi connectivity index (χ2v) is 17.2. The fourth-order valence-electron chi connectivity index (χ4n) is 9.26. The van der Waals surface area contributed by atoms with Gasteiger partial charge in [-0.3, -0.25) is 0 Å². The predicted molar refractivity (Wildman–Crippen MR) is 253 cm³/mol. The van der Waals surface area contributed by atoms with Crippen LogP contribution < -0.4 is 4.90 Å². The van der Waals surface area contributed by atoms with Crippen LogP contribution in [0.3, 0.4) is 0 Å². The van der Waals surface area contributed by atoms with Crippen LogP contribution in [0.25, 0.3) is 75.8 Å². The largest absolute Gasteiger partial charge is 0.310 e. The number of thiophene rings is 1. The standard InChI is InChI=1S/C57H41NS/c1-57(2)52-22-11-9-18-46(52)47-35-33-45(37-53(47)57)58(44-31-28-42(29-32-44)41-26-24-40(25-27-41)38-14-5-3-6-15-38)54-36-43(39-16-7-4-8-17-39)30-34-48(54)50-20-13-21-51-49-19-10-12-23-55(49)59-56(50)51/h3-37H,1-2H3. The molecule has 0 atom stereocenters. The quantitative estimate of drug-likeness (QED) is 0.156. The number of rotatable bonds is 7. The maximum atomic E-state index is 2.50. The summed E-state index contributed by atoms with van der Waals surface area (Å²) in [7, 11) is 0. The number of nitrogens with zero attached hydrogens (tertiary/aromatic N) is 1. The molecule has 280 valence electrons. The number of hydrogen-bond acceptors (Lipinski definition) is 2. The SMILES string of the molecule is CC1(C)c2ccccc2-c2ccc(N(c3ccc(-c4ccc(-c5ccccc5)cc4)cc3)c3cc(-c4ccccc4)ccc3-c3cccc4c3sc3ccccc34)cc21. The summed E-state index contributed by atoms with van der Waals surface area (Å²) in [6, 6.07) is 78.1. The molecular formula is C57H41NS. The van der Waals surface area contributed by atoms with E-state index in [4.69, 9.17) is 0 Å². The minimum atomic E-state index is -0.138. The summed E-state index contributed by atoms with van der Waals surface area (Å²) >= 11 is 1.89. The van der Waals surface area contributed by atoms with E-state index in [0.29, 0.717) is 0 Å². The van der Waals surface area contributed by atoms with Crippen LogP contribution in [0.2, 0.25) is 0 Å². The van der Waals surface area contributed by atoms with Crippen LogP contribution in [0.4, 0.5) is 17.1 Å². The number of benzene rings is 9. The summed E-state index contributed by atoms with van der Waals surface area (Å²) in [4.78, 5) is 2.50. The molecule has 0 bridgehead atoms. The molecular weight excluding hydrogens is 731 g/mol. The van der Waals surface area contributed by atoms with Gasteiger partial charge < -0.3 is 4.90 Å². The second-order valence-electron chi connectivity index (χ2n) is 16.1. The highest BCUT2D eigenvalue weighted by atomic mass is 32.1. The van der Waals surface area contributed by atoms with Crippen molar-refractivity contribution in [2.45, 2.75) is 19.3 Å². The van der Waals surface area contributed by atoms with Crippen molar-refractivity contribution >= 4 is 48.6 Å². The van der Waals surface area contributed by atoms with Gasteiger partial charge in [-0.25, -0.2) is 0 Å². The van der Waals surface area contributed by atoms with Crippen LogP contribution in [-0.4, -0.2) is 0 Å². The van der Waals surface area contributed by atoms with Crippen molar-refractivity contribution in [3.8, 4) is 55.6 Å². The lowest BCUT2D eigenvalue weighted by molar-refractivity contribution is 0.660. The average Bonchev–Trinajstić information content (AvgIpc) is 3.79. The zero-order chi connectivity index (χ0) is 39.5. The highest BCUT2D eigenvalue weighted by molar-refractivity contribution is 7.26. The summed E-state index contributed by atoms with van der Waals surface area (Å²) in [6.07, 6.45) is 0. The lowest BCUT2D eigenvalue weighted by Gasteiger charge is -2.30. The topological polar surface area (TPSA) is 3.24 Å². The van der Waals surface area contributed by atoms with Gasteiger partial charge in [-0.15, -0.1) is 11.3 Å². The number of hydrogen-bond donors (Lipinski definition) is 0. The van der Waals surface area contributed by atoms with E-state index in [1.54, 1.807) is 0 Å². The summed E-state index contributed by atoms with van der Waals surface area (Å²) in [6.45, 7) is 4.74. The lowest BCUT2D eigenvalue weighted by atomic mass is 9.82. The van der Waals surface area contributed by atoms with Crippen LogP contribution >= 0.6 is 11.3 Å². The average molecular weight is 772 g/mol. The molecule has 1 nitrogen and oxygen atoms in total. The minimum Gasteiger partial charge on any atom is -0.310 e. The van der Waals surface area contributed by atoms with Crippen molar-refractivity contribution < 1.29 is 0 Å². The van der Waals surface area contributed by atoms with E-state index >= 15 is 0 Å². The van der Waals surface area contributed by atoms with Crippen molar-refractivity contribution in [3.05, 3.63) is 223 Å². The number of anilines is 3. The molecule has 59 heavy (non-hydrogen) atoms. The summed E-state index contributed by atoms with van der Waals surface area (Å²) in [5, 5.41) is 2.61. The zero-order valence-electron chi connectivity index (χ0n) is 33.1. The van der Waals surface area contributed by atoms with E-state index in [9.17, 15) is 0 Å². The summed E-state index contributed by atoms with van der Waals surface area (Å²) in [5.74, 6) is 0. The first kappa shape index (κ1) is 35.2. The van der Waals surface area contributed by atoms with Gasteiger partial charge in [0.1, 0.15) is 0 Å². The van der Waals surface area contributed by atoms with Gasteiger partial charge in [0.2, 0.25) is 0 Å². The first-order chi connectivity index (χ1) is 29.0. The second kappa shape index (κ2) is 14.1. The van der Waals surface area contributed by atoms with Gasteiger partial charge in [-0.1, -0.05) is 190 Å². The summed E-state index contributed by atoms with van der Waals surface area (Å²) in [5.41, 5.74) is 18.3. The van der Waals surface area contributed by atoms with Gasteiger partial charge in [-0.05, 0) is 92.0 Å². The molecule has 0 unspecified atom stereocenters. The van der Waals surface area contributed by atoms with Crippen LogP contribution in [0.15, 0.2) is 212 Å². The normalized spacial score (nSPS) is 12.7. The highest BCUT2D eigenvalue weighted by Gasteiger charge is 2.36. The molecule has 0 saturated carbocycles. The maximum Gasteiger partial charge on any atom is 0.0546 e. The zero-order valence-corrected chi connectivity index (χ0v) is 33.9. The molecule has 0 spiro atoms. The molecule has 1 aliphatic carbocycles. The molecule has 11 rings (SSSR count). The third-order valence-electron chi connectivity index (χ3n) is 12.3. The fourth-order valence-corrected chi connectivity index (χ4v) is 10.5. The van der Waals surface area contributed by atoms with Crippen molar-refractivity contribution in [3.63, 3.8) is 0 Å². The van der Waals surface area contributed by atoms with Crippen LogP contribution in [0, 0.1) is 0 Å².